The quantitative estimate of drug-likeness (QED) is 0.180. The van der Waals surface area contributed by atoms with Gasteiger partial charge in [0.2, 0.25) is 0 Å². The number of fused-ring (bicyclic) bond motifs is 1. The summed E-state index contributed by atoms with van der Waals surface area (Å²) in [5.74, 6) is 2.22. The van der Waals surface area contributed by atoms with Crippen molar-refractivity contribution in [3.8, 4) is 22.6 Å². The molecule has 9 heteroatoms. The summed E-state index contributed by atoms with van der Waals surface area (Å²) in [6, 6.07) is 12.8. The highest BCUT2D eigenvalue weighted by atomic mass is 35.5. The minimum absolute atomic E-state index is 0.00785. The van der Waals surface area contributed by atoms with Gasteiger partial charge in [0.05, 0.1) is 18.9 Å². The van der Waals surface area contributed by atoms with E-state index in [9.17, 15) is 9.90 Å². The highest BCUT2D eigenvalue weighted by Crippen LogP contribution is 2.34. The number of amides is 1. The van der Waals surface area contributed by atoms with Gasteiger partial charge in [-0.3, -0.25) is 4.79 Å². The maximum absolute atomic E-state index is 12.4. The monoisotopic (exact) mass is 547 g/mol. The van der Waals surface area contributed by atoms with Gasteiger partial charge in [0.1, 0.15) is 28.1 Å². The van der Waals surface area contributed by atoms with Crippen molar-refractivity contribution in [3.63, 3.8) is 0 Å². The maximum Gasteiger partial charge on any atom is 0.255 e. The molecule has 1 aliphatic carbocycles. The van der Waals surface area contributed by atoms with Crippen LogP contribution >= 0.6 is 11.6 Å². The summed E-state index contributed by atoms with van der Waals surface area (Å²) in [6.07, 6.45) is 9.04. The number of hydrogen-bond donors (Lipinski definition) is 4. The number of aromatic hydroxyl groups is 1. The van der Waals surface area contributed by atoms with Crippen LogP contribution in [0.3, 0.4) is 0 Å². The minimum atomic E-state index is -0.232. The number of ether oxygens (including phenoxy) is 1. The van der Waals surface area contributed by atoms with E-state index in [1.807, 2.05) is 24.4 Å². The lowest BCUT2D eigenvalue weighted by atomic mass is 9.81. The van der Waals surface area contributed by atoms with Crippen LogP contribution in [0.5, 0.6) is 11.5 Å². The number of pyridine rings is 2. The smallest absolute Gasteiger partial charge is 0.255 e. The molecular formula is C30H34ClN5O3. The fraction of sp³-hybridized carbons (Fsp3) is 0.367. The van der Waals surface area contributed by atoms with Crippen LogP contribution in [-0.2, 0) is 0 Å². The first-order chi connectivity index (χ1) is 18.9. The minimum Gasteiger partial charge on any atom is -0.507 e. The summed E-state index contributed by atoms with van der Waals surface area (Å²) in [5.41, 5.74) is 3.07. The summed E-state index contributed by atoms with van der Waals surface area (Å²) in [7, 11) is 1.63. The van der Waals surface area contributed by atoms with Gasteiger partial charge in [-0.1, -0.05) is 30.7 Å². The van der Waals surface area contributed by atoms with Gasteiger partial charge in [0.25, 0.3) is 5.91 Å². The van der Waals surface area contributed by atoms with Gasteiger partial charge < -0.3 is 25.5 Å². The van der Waals surface area contributed by atoms with E-state index in [0.29, 0.717) is 40.9 Å². The Morgan fingerprint density at radius 1 is 1.21 bits per heavy atom. The molecule has 4 aromatic rings. The number of aromatic amines is 1. The van der Waals surface area contributed by atoms with Crippen LogP contribution in [0.4, 0.5) is 5.82 Å². The Bertz CT molecular complexity index is 1450. The number of nitrogens with one attached hydrogen (secondary N) is 3. The first-order valence-corrected chi connectivity index (χ1v) is 13.8. The number of hydrogen-bond acceptors (Lipinski definition) is 6. The molecule has 5 rings (SSSR count). The molecule has 1 unspecified atom stereocenters. The average molecular weight is 548 g/mol. The van der Waals surface area contributed by atoms with Gasteiger partial charge in [-0.25, -0.2) is 9.97 Å². The number of anilines is 1. The first-order valence-electron chi connectivity index (χ1n) is 13.4. The molecule has 1 saturated carbocycles. The Morgan fingerprint density at radius 3 is 2.77 bits per heavy atom. The van der Waals surface area contributed by atoms with Crippen molar-refractivity contribution in [2.75, 3.05) is 19.0 Å². The predicted octanol–water partition coefficient (Wildman–Crippen LogP) is 6.42. The van der Waals surface area contributed by atoms with Crippen LogP contribution in [0.2, 0.25) is 5.15 Å². The largest absolute Gasteiger partial charge is 0.507 e. The van der Waals surface area contributed by atoms with Gasteiger partial charge in [-0.15, -0.1) is 0 Å². The van der Waals surface area contributed by atoms with Crippen LogP contribution in [-0.4, -0.2) is 45.7 Å². The molecule has 4 N–H and O–H groups in total. The first kappa shape index (κ1) is 26.8. The summed E-state index contributed by atoms with van der Waals surface area (Å²) in [5, 5.41) is 17.9. The van der Waals surface area contributed by atoms with E-state index in [-0.39, 0.29) is 11.7 Å². The molecular weight excluding hydrogens is 514 g/mol. The Balaban J connectivity index is 1.14. The number of carbonyl (C=O) groups is 1. The SMILES string of the molecule is COc1cnc2[nH]cc(-c3cc(Cl)nc(NC4CCC(CC(C)CNC(=O)c5ccccc5O)CC4)c3)c2c1. The molecule has 0 bridgehead atoms. The number of halogens is 1. The van der Waals surface area contributed by atoms with Crippen molar-refractivity contribution in [2.24, 2.45) is 11.8 Å². The van der Waals surface area contributed by atoms with Gasteiger partial charge in [-0.05, 0) is 79.8 Å². The summed E-state index contributed by atoms with van der Waals surface area (Å²) in [6.45, 7) is 2.76. The number of rotatable bonds is 9. The fourth-order valence-corrected chi connectivity index (χ4v) is 5.70. The van der Waals surface area contributed by atoms with Crippen LogP contribution in [0.1, 0.15) is 49.4 Å². The van der Waals surface area contributed by atoms with Gasteiger partial charge in [-0.2, -0.15) is 0 Å². The summed E-state index contributed by atoms with van der Waals surface area (Å²) >= 11 is 6.43. The molecule has 3 heterocycles. The van der Waals surface area contributed by atoms with Crippen LogP contribution in [0, 0.1) is 11.8 Å². The molecule has 0 spiro atoms. The molecule has 0 radical (unpaired) electrons. The Morgan fingerprint density at radius 2 is 2.00 bits per heavy atom. The highest BCUT2D eigenvalue weighted by Gasteiger charge is 2.24. The number of benzene rings is 1. The van der Waals surface area contributed by atoms with Gasteiger partial charge in [0, 0.05) is 29.7 Å². The van der Waals surface area contributed by atoms with Gasteiger partial charge in [0.15, 0.2) is 0 Å². The average Bonchev–Trinajstić information content (AvgIpc) is 3.36. The second-order valence-corrected chi connectivity index (χ2v) is 10.9. The predicted molar refractivity (Wildman–Crippen MR) is 154 cm³/mol. The Kier molecular flexibility index (Phi) is 8.21. The molecule has 1 atom stereocenters. The number of methoxy groups -OCH3 is 1. The second-order valence-electron chi connectivity index (χ2n) is 10.5. The number of carbonyl (C=O) groups excluding carboxylic acids is 1. The van der Waals surface area contributed by atoms with E-state index in [0.717, 1.165) is 60.1 Å². The van der Waals surface area contributed by atoms with Crippen molar-refractivity contribution in [1.29, 1.82) is 0 Å². The highest BCUT2D eigenvalue weighted by molar-refractivity contribution is 6.29. The zero-order valence-corrected chi connectivity index (χ0v) is 23.0. The van der Waals surface area contributed by atoms with E-state index in [4.69, 9.17) is 16.3 Å². The lowest BCUT2D eigenvalue weighted by molar-refractivity contribution is 0.0942. The van der Waals surface area contributed by atoms with Crippen LogP contribution < -0.4 is 15.4 Å². The number of nitrogens with zero attached hydrogens (tertiary/aromatic N) is 2. The van der Waals surface area contributed by atoms with Crippen molar-refractivity contribution >= 4 is 34.4 Å². The third-order valence-corrected chi connectivity index (χ3v) is 7.73. The topological polar surface area (TPSA) is 112 Å². The van der Waals surface area contributed by atoms with E-state index in [2.05, 4.69) is 32.5 Å². The lowest BCUT2D eigenvalue weighted by Crippen LogP contribution is -2.31. The van der Waals surface area contributed by atoms with Crippen molar-refractivity contribution < 1.29 is 14.6 Å². The Labute approximate surface area is 233 Å². The molecule has 1 aliphatic rings. The van der Waals surface area contributed by atoms with E-state index >= 15 is 0 Å². The number of H-pyrrole nitrogens is 1. The van der Waals surface area contributed by atoms with Crippen LogP contribution in [0.25, 0.3) is 22.2 Å². The molecule has 0 aliphatic heterocycles. The number of phenols is 1. The zero-order valence-electron chi connectivity index (χ0n) is 22.2. The van der Waals surface area contributed by atoms with Crippen molar-refractivity contribution in [1.82, 2.24) is 20.3 Å². The molecule has 204 valence electrons. The number of phenolic OH excluding ortho intramolecular Hbond substituents is 1. The lowest BCUT2D eigenvalue weighted by Gasteiger charge is -2.31. The third-order valence-electron chi connectivity index (χ3n) is 7.54. The molecule has 0 saturated heterocycles. The Hall–Kier alpha value is -3.78. The van der Waals surface area contributed by atoms with Crippen LogP contribution in [0.15, 0.2) is 54.9 Å². The van der Waals surface area contributed by atoms with Gasteiger partial charge >= 0.3 is 0 Å². The summed E-state index contributed by atoms with van der Waals surface area (Å²) < 4.78 is 5.35. The number of para-hydroxylation sites is 1. The molecule has 39 heavy (non-hydrogen) atoms. The second kappa shape index (κ2) is 11.9. The normalized spacial score (nSPS) is 18.0. The van der Waals surface area contributed by atoms with Crippen molar-refractivity contribution in [2.45, 2.75) is 45.1 Å². The molecule has 3 aromatic heterocycles. The standard InChI is InChI=1S/C30H34ClN5O3/c1-18(15-34-30(38)23-5-3-4-6-26(23)37)11-19-7-9-21(10-8-19)35-28-13-20(12-27(31)36-28)25-17-33-29-24(25)14-22(39-2)16-32-29/h3-6,12-14,16-19,21,37H,7-11,15H2,1-2H3,(H,32,33)(H,34,38)(H,35,36). The molecule has 1 fully saturated rings. The van der Waals surface area contributed by atoms with E-state index < -0.39 is 0 Å². The number of aromatic nitrogens is 3. The maximum atomic E-state index is 12.4. The zero-order chi connectivity index (χ0) is 27.4. The van der Waals surface area contributed by atoms with Crippen molar-refractivity contribution in [3.05, 3.63) is 65.6 Å². The fourth-order valence-electron chi connectivity index (χ4n) is 5.49. The molecule has 1 aromatic carbocycles. The third kappa shape index (κ3) is 6.45. The van der Waals surface area contributed by atoms with E-state index in [1.165, 1.54) is 6.07 Å². The van der Waals surface area contributed by atoms with E-state index in [1.54, 1.807) is 31.5 Å². The summed E-state index contributed by atoms with van der Waals surface area (Å²) in [4.78, 5) is 24.6. The molecule has 8 nitrogen and oxygen atoms in total. The molecule has 1 amide bonds.